The molecule has 0 radical (unpaired) electrons. The third-order valence-electron chi connectivity index (χ3n) is 2.84. The van der Waals surface area contributed by atoms with Gasteiger partial charge >= 0.3 is 0 Å². The Labute approximate surface area is 140 Å². The van der Waals surface area contributed by atoms with Crippen molar-refractivity contribution in [2.45, 2.75) is 12.5 Å². The molecule has 0 spiro atoms. The molecule has 2 rings (SSSR count). The highest BCUT2D eigenvalue weighted by Crippen LogP contribution is 2.34. The molecule has 4 nitrogen and oxygen atoms in total. The van der Waals surface area contributed by atoms with Crippen molar-refractivity contribution in [3.63, 3.8) is 0 Å². The molecule has 0 saturated carbocycles. The van der Waals surface area contributed by atoms with Crippen molar-refractivity contribution in [3.8, 4) is 0 Å². The predicted octanol–water partition coefficient (Wildman–Crippen LogP) is 1.82. The number of hydrogen-bond acceptors (Lipinski definition) is 7. The molecule has 1 fully saturated rings. The number of thiocarbonyl (C=S) groups is 1. The van der Waals surface area contributed by atoms with E-state index in [2.05, 4.69) is 0 Å². The minimum absolute atomic E-state index is 0.275. The lowest BCUT2D eigenvalue weighted by Crippen LogP contribution is -2.50. The predicted molar refractivity (Wildman–Crippen MR) is 91.1 cm³/mol. The summed E-state index contributed by atoms with van der Waals surface area (Å²) >= 11 is 9.35. The second-order valence-corrected chi connectivity index (χ2v) is 7.67. The lowest BCUT2D eigenvalue weighted by molar-refractivity contribution is -0.310. The number of thiophene rings is 1. The molecule has 0 unspecified atom stereocenters. The maximum atomic E-state index is 12.4. The molecule has 0 bridgehead atoms. The van der Waals surface area contributed by atoms with Gasteiger partial charge in [-0.15, -0.1) is 0 Å². The van der Waals surface area contributed by atoms with Crippen LogP contribution in [-0.2, 0) is 9.59 Å². The molecule has 1 aliphatic rings. The van der Waals surface area contributed by atoms with E-state index in [9.17, 15) is 14.7 Å². The van der Waals surface area contributed by atoms with Crippen LogP contribution in [0.5, 0.6) is 0 Å². The number of amides is 1. The zero-order chi connectivity index (χ0) is 15.4. The number of carbonyl (C=O) groups is 2. The SMILES string of the molecule is CSCC[C@@H](C(=O)[O-])N1C(=O)/C(=C\c2ccsc2)SC1=S. The summed E-state index contributed by atoms with van der Waals surface area (Å²) in [6.07, 6.45) is 3.94. The number of aliphatic carboxylic acids is 1. The molecule has 0 N–H and O–H groups in total. The summed E-state index contributed by atoms with van der Waals surface area (Å²) < 4.78 is 0.275. The average molecular weight is 359 g/mol. The zero-order valence-electron chi connectivity index (χ0n) is 11.1. The van der Waals surface area contributed by atoms with E-state index in [4.69, 9.17) is 12.2 Å². The van der Waals surface area contributed by atoms with E-state index in [0.717, 1.165) is 17.3 Å². The molecular weight excluding hydrogens is 346 g/mol. The van der Waals surface area contributed by atoms with Gasteiger partial charge in [0.2, 0.25) is 0 Å². The van der Waals surface area contributed by atoms with Crippen LogP contribution in [0.25, 0.3) is 6.08 Å². The standard InChI is InChI=1S/C13H13NO3S4/c1-19-4-3-9(12(16)17)14-11(15)10(21-13(14)18)6-8-2-5-20-7-8/h2,5-7,9H,3-4H2,1H3,(H,16,17)/p-1/b10-6+/t9-/m0/s1. The van der Waals surface area contributed by atoms with Crippen molar-refractivity contribution in [3.05, 3.63) is 27.3 Å². The Hall–Kier alpha value is -0.830. The van der Waals surface area contributed by atoms with Crippen LogP contribution in [0, 0.1) is 0 Å². The summed E-state index contributed by atoms with van der Waals surface area (Å²) in [5, 5.41) is 15.1. The van der Waals surface area contributed by atoms with Crippen LogP contribution < -0.4 is 5.11 Å². The van der Waals surface area contributed by atoms with E-state index in [1.807, 2.05) is 23.1 Å². The lowest BCUT2D eigenvalue weighted by Gasteiger charge is -2.27. The normalized spacial score (nSPS) is 18.5. The minimum atomic E-state index is -1.27. The fraction of sp³-hybridized carbons (Fsp3) is 0.308. The largest absolute Gasteiger partial charge is 0.548 e. The number of carbonyl (C=O) groups excluding carboxylic acids is 2. The number of carboxylic acids is 1. The summed E-state index contributed by atoms with van der Waals surface area (Å²) in [5.74, 6) is -0.997. The molecule has 2 heterocycles. The van der Waals surface area contributed by atoms with Gasteiger partial charge in [-0.1, -0.05) is 24.0 Å². The van der Waals surface area contributed by atoms with Gasteiger partial charge in [0.25, 0.3) is 5.91 Å². The summed E-state index contributed by atoms with van der Waals surface area (Å²) in [7, 11) is 0. The number of nitrogens with zero attached hydrogens (tertiary/aromatic N) is 1. The maximum absolute atomic E-state index is 12.4. The highest BCUT2D eigenvalue weighted by molar-refractivity contribution is 8.26. The van der Waals surface area contributed by atoms with Crippen molar-refractivity contribution >= 4 is 69.4 Å². The van der Waals surface area contributed by atoms with E-state index in [-0.39, 0.29) is 10.2 Å². The zero-order valence-corrected chi connectivity index (χ0v) is 14.4. The lowest BCUT2D eigenvalue weighted by atomic mass is 10.2. The van der Waals surface area contributed by atoms with Gasteiger partial charge in [0.1, 0.15) is 4.32 Å². The van der Waals surface area contributed by atoms with Crippen LogP contribution in [-0.4, -0.2) is 39.1 Å². The molecule has 1 saturated heterocycles. The molecule has 21 heavy (non-hydrogen) atoms. The quantitative estimate of drug-likeness (QED) is 0.571. The van der Waals surface area contributed by atoms with Gasteiger partial charge in [-0.2, -0.15) is 23.1 Å². The van der Waals surface area contributed by atoms with Gasteiger partial charge in [-0.25, -0.2) is 0 Å². The van der Waals surface area contributed by atoms with Crippen molar-refractivity contribution in [2.75, 3.05) is 12.0 Å². The maximum Gasteiger partial charge on any atom is 0.266 e. The van der Waals surface area contributed by atoms with E-state index in [1.165, 1.54) is 28.0 Å². The third-order valence-corrected chi connectivity index (χ3v) is 5.52. The van der Waals surface area contributed by atoms with Gasteiger partial charge in [0.05, 0.1) is 16.9 Å². The van der Waals surface area contributed by atoms with Gasteiger partial charge < -0.3 is 9.90 Å². The first-order valence-corrected chi connectivity index (χ1v) is 9.59. The van der Waals surface area contributed by atoms with Crippen LogP contribution in [0.15, 0.2) is 21.7 Å². The second kappa shape index (κ2) is 7.44. The summed E-state index contributed by atoms with van der Waals surface area (Å²) in [6, 6.07) is 0.888. The Morgan fingerprint density at radius 2 is 2.38 bits per heavy atom. The molecule has 0 aliphatic carbocycles. The fourth-order valence-electron chi connectivity index (χ4n) is 1.84. The van der Waals surface area contributed by atoms with Gasteiger partial charge in [-0.3, -0.25) is 9.69 Å². The third kappa shape index (κ3) is 3.88. The van der Waals surface area contributed by atoms with Gasteiger partial charge in [0.15, 0.2) is 0 Å². The first-order chi connectivity index (χ1) is 10.0. The van der Waals surface area contributed by atoms with Crippen molar-refractivity contribution in [1.29, 1.82) is 0 Å². The number of thioether (sulfide) groups is 2. The van der Waals surface area contributed by atoms with Crippen molar-refractivity contribution in [1.82, 2.24) is 4.90 Å². The van der Waals surface area contributed by atoms with Crippen LogP contribution in [0.2, 0.25) is 0 Å². The van der Waals surface area contributed by atoms with Crippen LogP contribution in [0.1, 0.15) is 12.0 Å². The Balaban J connectivity index is 2.22. The molecule has 1 aromatic heterocycles. The topological polar surface area (TPSA) is 60.4 Å². The van der Waals surface area contributed by atoms with Crippen LogP contribution in [0.4, 0.5) is 0 Å². The first kappa shape index (κ1) is 16.5. The van der Waals surface area contributed by atoms with Gasteiger partial charge in [-0.05, 0) is 46.9 Å². The first-order valence-electron chi connectivity index (χ1n) is 6.03. The number of carboxylic acid groups (broad SMARTS) is 1. The van der Waals surface area contributed by atoms with E-state index < -0.39 is 12.0 Å². The molecule has 1 atom stereocenters. The van der Waals surface area contributed by atoms with E-state index in [1.54, 1.807) is 6.08 Å². The number of rotatable bonds is 6. The Kier molecular flexibility index (Phi) is 5.86. The van der Waals surface area contributed by atoms with Crippen LogP contribution >= 0.6 is 47.1 Å². The second-order valence-electron chi connectivity index (χ2n) is 4.22. The molecular formula is C13H12NO3S4-. The molecule has 1 aliphatic heterocycles. The summed E-state index contributed by atoms with van der Waals surface area (Å²) in [4.78, 5) is 25.3. The smallest absolute Gasteiger partial charge is 0.266 e. The Bertz CT molecular complexity index is 582. The van der Waals surface area contributed by atoms with Crippen molar-refractivity contribution in [2.24, 2.45) is 0 Å². The molecule has 112 valence electrons. The van der Waals surface area contributed by atoms with E-state index >= 15 is 0 Å². The fourth-order valence-corrected chi connectivity index (χ4v) is 4.27. The Morgan fingerprint density at radius 1 is 1.62 bits per heavy atom. The number of hydrogen-bond donors (Lipinski definition) is 0. The molecule has 1 aromatic rings. The summed E-state index contributed by atoms with van der Waals surface area (Å²) in [5.41, 5.74) is 0.912. The molecule has 0 aromatic carbocycles. The van der Waals surface area contributed by atoms with E-state index in [0.29, 0.717) is 17.1 Å². The van der Waals surface area contributed by atoms with Gasteiger partial charge in [0, 0.05) is 0 Å². The van der Waals surface area contributed by atoms with Crippen molar-refractivity contribution < 1.29 is 14.7 Å². The minimum Gasteiger partial charge on any atom is -0.548 e. The monoisotopic (exact) mass is 358 g/mol. The molecule has 1 amide bonds. The summed E-state index contributed by atoms with van der Waals surface area (Å²) in [6.45, 7) is 0. The average Bonchev–Trinajstić information content (AvgIpc) is 3.02. The highest BCUT2D eigenvalue weighted by Gasteiger charge is 2.37. The Morgan fingerprint density at radius 3 is 2.95 bits per heavy atom. The highest BCUT2D eigenvalue weighted by atomic mass is 32.2. The molecule has 8 heteroatoms. The van der Waals surface area contributed by atoms with Crippen LogP contribution in [0.3, 0.4) is 0 Å².